The predicted octanol–water partition coefficient (Wildman–Crippen LogP) is 1.78. The molecular weight excluding hydrogens is 200 g/mol. The van der Waals surface area contributed by atoms with Crippen LogP contribution in [-0.4, -0.2) is 26.7 Å². The average Bonchev–Trinajstić information content (AvgIpc) is 2.73. The van der Waals surface area contributed by atoms with Gasteiger partial charge in [0.15, 0.2) is 0 Å². The normalized spacial score (nSPS) is 11.1. The van der Waals surface area contributed by atoms with Crippen molar-refractivity contribution in [1.29, 1.82) is 0 Å². The number of furan rings is 1. The maximum Gasteiger partial charge on any atom is 0.134 e. The minimum Gasteiger partial charge on any atom is -0.464 e. The predicted molar refractivity (Wildman–Crippen MR) is 66.7 cm³/mol. The zero-order chi connectivity index (χ0) is 11.2. The fourth-order valence-corrected chi connectivity index (χ4v) is 1.79. The van der Waals surface area contributed by atoms with Crippen molar-refractivity contribution in [3.63, 3.8) is 0 Å². The lowest BCUT2D eigenvalue weighted by Gasteiger charge is -2.02. The highest BCUT2D eigenvalue weighted by atomic mass is 16.3. The molecule has 0 radical (unpaired) electrons. The number of likely N-dealkylation sites (N-methyl/N-ethyl adjacent to an activating group) is 1. The molecule has 0 aliphatic carbocycles. The Bertz CT molecular complexity index is 436. The summed E-state index contributed by atoms with van der Waals surface area (Å²) in [5.74, 6) is 0. The van der Waals surface area contributed by atoms with Crippen LogP contribution in [0.25, 0.3) is 11.0 Å². The van der Waals surface area contributed by atoms with E-state index in [1.165, 1.54) is 10.9 Å². The second-order valence-electron chi connectivity index (χ2n) is 3.86. The maximum absolute atomic E-state index is 5.49. The molecule has 1 aromatic carbocycles. The van der Waals surface area contributed by atoms with Gasteiger partial charge in [0.25, 0.3) is 0 Å². The van der Waals surface area contributed by atoms with Gasteiger partial charge in [0.2, 0.25) is 0 Å². The van der Waals surface area contributed by atoms with E-state index in [2.05, 4.69) is 22.8 Å². The topological polar surface area (TPSA) is 37.2 Å². The second-order valence-corrected chi connectivity index (χ2v) is 3.86. The summed E-state index contributed by atoms with van der Waals surface area (Å²) in [6, 6.07) is 8.17. The van der Waals surface area contributed by atoms with Gasteiger partial charge in [0.05, 0.1) is 6.26 Å². The first kappa shape index (κ1) is 11.2. The van der Waals surface area contributed by atoms with E-state index in [4.69, 9.17) is 4.42 Å². The van der Waals surface area contributed by atoms with E-state index >= 15 is 0 Å². The largest absolute Gasteiger partial charge is 0.464 e. The van der Waals surface area contributed by atoms with Crippen LogP contribution in [0.15, 0.2) is 34.9 Å². The molecule has 86 valence electrons. The van der Waals surface area contributed by atoms with Crippen LogP contribution in [-0.2, 0) is 6.42 Å². The van der Waals surface area contributed by atoms with Gasteiger partial charge in [-0.1, -0.05) is 18.2 Å². The third-order valence-corrected chi connectivity index (χ3v) is 2.68. The monoisotopic (exact) mass is 218 g/mol. The van der Waals surface area contributed by atoms with E-state index in [0.29, 0.717) is 0 Å². The summed E-state index contributed by atoms with van der Waals surface area (Å²) >= 11 is 0. The average molecular weight is 218 g/mol. The van der Waals surface area contributed by atoms with Gasteiger partial charge in [-0.3, -0.25) is 0 Å². The molecule has 0 saturated carbocycles. The Hall–Kier alpha value is -1.32. The van der Waals surface area contributed by atoms with Gasteiger partial charge in [0.1, 0.15) is 5.58 Å². The first-order chi connectivity index (χ1) is 7.92. The highest BCUT2D eigenvalue weighted by molar-refractivity contribution is 5.80. The fraction of sp³-hybridized carbons (Fsp3) is 0.385. The molecule has 0 aliphatic heterocycles. The van der Waals surface area contributed by atoms with Gasteiger partial charge in [-0.2, -0.15) is 0 Å². The summed E-state index contributed by atoms with van der Waals surface area (Å²) in [6.07, 6.45) is 2.88. The lowest BCUT2D eigenvalue weighted by Crippen LogP contribution is -2.26. The number of hydrogen-bond donors (Lipinski definition) is 2. The molecule has 0 spiro atoms. The van der Waals surface area contributed by atoms with Crippen LogP contribution in [0.4, 0.5) is 0 Å². The van der Waals surface area contributed by atoms with Crippen molar-refractivity contribution in [3.8, 4) is 0 Å². The van der Waals surface area contributed by atoms with Crippen LogP contribution < -0.4 is 10.6 Å². The van der Waals surface area contributed by atoms with Crippen molar-refractivity contribution in [2.24, 2.45) is 0 Å². The van der Waals surface area contributed by atoms with Crippen molar-refractivity contribution in [2.45, 2.75) is 6.42 Å². The number of fused-ring (bicyclic) bond motifs is 1. The molecular formula is C13H18N2O. The van der Waals surface area contributed by atoms with E-state index in [1.54, 1.807) is 0 Å². The first-order valence-corrected chi connectivity index (χ1v) is 5.72. The van der Waals surface area contributed by atoms with E-state index in [0.717, 1.165) is 31.6 Å². The lowest BCUT2D eigenvalue weighted by molar-refractivity contribution is 0.604. The number of rotatable bonds is 6. The number of nitrogens with one attached hydrogen (secondary N) is 2. The summed E-state index contributed by atoms with van der Waals surface area (Å²) in [6.45, 7) is 3.00. The summed E-state index contributed by atoms with van der Waals surface area (Å²) in [5, 5.41) is 7.73. The second kappa shape index (κ2) is 5.68. The van der Waals surface area contributed by atoms with Gasteiger partial charge in [-0.15, -0.1) is 0 Å². The molecule has 2 rings (SSSR count). The van der Waals surface area contributed by atoms with Crippen LogP contribution in [0, 0.1) is 0 Å². The summed E-state index contributed by atoms with van der Waals surface area (Å²) < 4.78 is 5.49. The SMILES string of the molecule is CNCCNCCc1coc2ccccc12. The Morgan fingerprint density at radius 2 is 2.00 bits per heavy atom. The van der Waals surface area contributed by atoms with Crippen molar-refractivity contribution in [1.82, 2.24) is 10.6 Å². The molecule has 0 saturated heterocycles. The summed E-state index contributed by atoms with van der Waals surface area (Å²) in [5.41, 5.74) is 2.26. The van der Waals surface area contributed by atoms with Crippen LogP contribution >= 0.6 is 0 Å². The number of hydrogen-bond acceptors (Lipinski definition) is 3. The molecule has 1 aromatic heterocycles. The van der Waals surface area contributed by atoms with E-state index in [1.807, 2.05) is 25.4 Å². The molecule has 16 heavy (non-hydrogen) atoms. The highest BCUT2D eigenvalue weighted by Crippen LogP contribution is 2.20. The van der Waals surface area contributed by atoms with Crippen LogP contribution in [0.1, 0.15) is 5.56 Å². The van der Waals surface area contributed by atoms with Gasteiger partial charge >= 0.3 is 0 Å². The minimum absolute atomic E-state index is 0.979. The molecule has 0 bridgehead atoms. The molecule has 3 heteroatoms. The Kier molecular flexibility index (Phi) is 3.97. The Morgan fingerprint density at radius 1 is 1.12 bits per heavy atom. The van der Waals surface area contributed by atoms with E-state index in [9.17, 15) is 0 Å². The van der Waals surface area contributed by atoms with E-state index < -0.39 is 0 Å². The van der Waals surface area contributed by atoms with Crippen LogP contribution in [0.5, 0.6) is 0 Å². The van der Waals surface area contributed by atoms with Crippen molar-refractivity contribution >= 4 is 11.0 Å². The Labute approximate surface area is 95.8 Å². The number of para-hydroxylation sites is 1. The number of benzene rings is 1. The van der Waals surface area contributed by atoms with Gasteiger partial charge < -0.3 is 15.1 Å². The Balaban J connectivity index is 1.89. The minimum atomic E-state index is 0.979. The summed E-state index contributed by atoms with van der Waals surface area (Å²) in [4.78, 5) is 0. The molecule has 0 amide bonds. The Morgan fingerprint density at radius 3 is 2.88 bits per heavy atom. The van der Waals surface area contributed by atoms with Gasteiger partial charge in [0, 0.05) is 18.5 Å². The molecule has 2 N–H and O–H groups in total. The molecule has 3 nitrogen and oxygen atoms in total. The molecule has 0 atom stereocenters. The maximum atomic E-state index is 5.49. The zero-order valence-corrected chi connectivity index (χ0v) is 9.62. The third-order valence-electron chi connectivity index (χ3n) is 2.68. The molecule has 1 heterocycles. The van der Waals surface area contributed by atoms with Crippen LogP contribution in [0.3, 0.4) is 0 Å². The molecule has 2 aromatic rings. The van der Waals surface area contributed by atoms with Crippen molar-refractivity contribution < 1.29 is 4.42 Å². The van der Waals surface area contributed by atoms with Crippen molar-refractivity contribution in [2.75, 3.05) is 26.7 Å². The lowest BCUT2D eigenvalue weighted by atomic mass is 10.1. The third kappa shape index (κ3) is 2.62. The molecule has 0 fully saturated rings. The standard InChI is InChI=1S/C13H18N2O/c1-14-8-9-15-7-6-11-10-16-13-5-3-2-4-12(11)13/h2-5,10,14-15H,6-9H2,1H3. The molecule has 0 aliphatic rings. The fourth-order valence-electron chi connectivity index (χ4n) is 1.79. The first-order valence-electron chi connectivity index (χ1n) is 5.72. The van der Waals surface area contributed by atoms with Gasteiger partial charge in [-0.05, 0) is 31.6 Å². The smallest absolute Gasteiger partial charge is 0.134 e. The molecule has 0 unspecified atom stereocenters. The van der Waals surface area contributed by atoms with Crippen molar-refractivity contribution in [3.05, 3.63) is 36.1 Å². The highest BCUT2D eigenvalue weighted by Gasteiger charge is 2.03. The zero-order valence-electron chi connectivity index (χ0n) is 9.62. The van der Waals surface area contributed by atoms with Gasteiger partial charge in [-0.25, -0.2) is 0 Å². The quantitative estimate of drug-likeness (QED) is 0.726. The summed E-state index contributed by atoms with van der Waals surface area (Å²) in [7, 11) is 1.96. The van der Waals surface area contributed by atoms with E-state index in [-0.39, 0.29) is 0 Å². The van der Waals surface area contributed by atoms with Crippen LogP contribution in [0.2, 0.25) is 0 Å².